The number of carbonyl (C=O) groups is 1. The van der Waals surface area contributed by atoms with Gasteiger partial charge < -0.3 is 14.8 Å². The van der Waals surface area contributed by atoms with Gasteiger partial charge in [0.15, 0.2) is 5.82 Å². The van der Waals surface area contributed by atoms with Crippen molar-refractivity contribution in [1.29, 1.82) is 0 Å². The first-order valence-electron chi connectivity index (χ1n) is 9.11. The fourth-order valence-electron chi connectivity index (χ4n) is 2.74. The zero-order chi connectivity index (χ0) is 22.6. The number of nitrogens with zero attached hydrogens (tertiary/aromatic N) is 4. The molecule has 0 spiro atoms. The molecular weight excluding hydrogens is 424 g/mol. The van der Waals surface area contributed by atoms with Crippen LogP contribution in [0.15, 0.2) is 41.3 Å². The van der Waals surface area contributed by atoms with E-state index in [1.807, 2.05) is 19.9 Å². The maximum Gasteiger partial charge on any atom is 0.321 e. The van der Waals surface area contributed by atoms with Crippen LogP contribution >= 0.6 is 0 Å². The smallest absolute Gasteiger partial charge is 0.321 e. The summed E-state index contributed by atoms with van der Waals surface area (Å²) in [6, 6.07) is 8.89. The van der Waals surface area contributed by atoms with Crippen LogP contribution in [0.5, 0.6) is 11.9 Å². The van der Waals surface area contributed by atoms with Crippen LogP contribution in [0.2, 0.25) is 0 Å². The molecule has 1 amide bonds. The van der Waals surface area contributed by atoms with Crippen molar-refractivity contribution in [2.45, 2.75) is 25.3 Å². The molecule has 12 heteroatoms. The van der Waals surface area contributed by atoms with E-state index < -0.39 is 10.0 Å². The molecule has 3 aromatic rings. The quantitative estimate of drug-likeness (QED) is 0.534. The van der Waals surface area contributed by atoms with Crippen molar-refractivity contribution in [2.75, 3.05) is 24.3 Å². The van der Waals surface area contributed by atoms with Gasteiger partial charge in [-0.15, -0.1) is 0 Å². The fraction of sp³-hybridized carbons (Fsp3) is 0.263. The highest BCUT2D eigenvalue weighted by Gasteiger charge is 2.17. The van der Waals surface area contributed by atoms with Crippen LogP contribution in [-0.2, 0) is 21.4 Å². The van der Waals surface area contributed by atoms with E-state index in [-0.39, 0.29) is 35.1 Å². The molecule has 1 aromatic carbocycles. The van der Waals surface area contributed by atoms with Crippen molar-refractivity contribution in [1.82, 2.24) is 19.7 Å². The summed E-state index contributed by atoms with van der Waals surface area (Å²) in [6.07, 6.45) is 0. The Morgan fingerprint density at radius 1 is 1.06 bits per heavy atom. The number of nitrogens with one attached hydrogen (secondary N) is 2. The number of methoxy groups -OCH3 is 2. The van der Waals surface area contributed by atoms with Crippen LogP contribution in [0.25, 0.3) is 0 Å². The van der Waals surface area contributed by atoms with E-state index in [9.17, 15) is 13.2 Å². The highest BCUT2D eigenvalue weighted by molar-refractivity contribution is 7.92. The van der Waals surface area contributed by atoms with E-state index >= 15 is 0 Å². The van der Waals surface area contributed by atoms with E-state index in [4.69, 9.17) is 9.47 Å². The lowest BCUT2D eigenvalue weighted by Gasteiger charge is -2.11. The molecule has 0 radical (unpaired) electrons. The van der Waals surface area contributed by atoms with Crippen LogP contribution in [0.1, 0.15) is 11.4 Å². The van der Waals surface area contributed by atoms with Gasteiger partial charge in [-0.05, 0) is 44.2 Å². The topological polar surface area (TPSA) is 137 Å². The molecule has 0 aliphatic rings. The maximum absolute atomic E-state index is 12.7. The van der Waals surface area contributed by atoms with Crippen LogP contribution in [0.4, 0.5) is 11.5 Å². The van der Waals surface area contributed by atoms with Crippen LogP contribution in [-0.4, -0.2) is 48.3 Å². The number of aryl methyl sites for hydroxylation is 2. The molecule has 2 aromatic heterocycles. The number of rotatable bonds is 8. The summed E-state index contributed by atoms with van der Waals surface area (Å²) in [7, 11) is -1.19. The highest BCUT2D eigenvalue weighted by atomic mass is 32.2. The average Bonchev–Trinajstić information content (AvgIpc) is 3.04. The van der Waals surface area contributed by atoms with Crippen molar-refractivity contribution in [3.05, 3.63) is 47.8 Å². The largest absolute Gasteiger partial charge is 0.481 e. The minimum atomic E-state index is -3.94. The van der Waals surface area contributed by atoms with Crippen molar-refractivity contribution < 1.29 is 22.7 Å². The van der Waals surface area contributed by atoms with Gasteiger partial charge in [-0.1, -0.05) is 0 Å². The van der Waals surface area contributed by atoms with Gasteiger partial charge in [0.1, 0.15) is 6.54 Å². The van der Waals surface area contributed by atoms with E-state index in [2.05, 4.69) is 25.1 Å². The second-order valence-electron chi connectivity index (χ2n) is 6.55. The molecule has 2 heterocycles. The number of benzene rings is 1. The number of sulfonamides is 1. The van der Waals surface area contributed by atoms with E-state index in [0.717, 1.165) is 11.4 Å². The lowest BCUT2D eigenvalue weighted by molar-refractivity contribution is -0.116. The third kappa shape index (κ3) is 5.48. The summed E-state index contributed by atoms with van der Waals surface area (Å²) in [4.78, 5) is 20.1. The summed E-state index contributed by atoms with van der Waals surface area (Å²) in [5.41, 5.74) is 2.15. The Labute approximate surface area is 179 Å². The normalized spacial score (nSPS) is 11.1. The lowest BCUT2D eigenvalue weighted by atomic mass is 10.3. The lowest BCUT2D eigenvalue weighted by Crippen LogP contribution is -2.20. The fourth-order valence-corrected chi connectivity index (χ4v) is 3.73. The first-order chi connectivity index (χ1) is 14.7. The molecule has 0 atom stereocenters. The van der Waals surface area contributed by atoms with Gasteiger partial charge in [-0.2, -0.15) is 15.1 Å². The summed E-state index contributed by atoms with van der Waals surface area (Å²) < 4.78 is 39.2. The molecule has 11 nitrogen and oxygen atoms in total. The van der Waals surface area contributed by atoms with Crippen molar-refractivity contribution in [3.8, 4) is 11.9 Å². The van der Waals surface area contributed by atoms with Gasteiger partial charge in [-0.25, -0.2) is 8.42 Å². The van der Waals surface area contributed by atoms with Gasteiger partial charge >= 0.3 is 6.01 Å². The molecule has 2 N–H and O–H groups in total. The molecular formula is C19H22N6O5S. The number of hydrogen-bond donors (Lipinski definition) is 2. The Morgan fingerprint density at radius 2 is 1.77 bits per heavy atom. The Bertz CT molecular complexity index is 1170. The summed E-state index contributed by atoms with van der Waals surface area (Å²) >= 11 is 0. The number of carbonyl (C=O) groups excluding carboxylic acids is 1. The zero-order valence-corrected chi connectivity index (χ0v) is 18.2. The summed E-state index contributed by atoms with van der Waals surface area (Å²) in [5, 5.41) is 6.96. The molecule has 0 bridgehead atoms. The molecule has 164 valence electrons. The molecule has 0 unspecified atom stereocenters. The van der Waals surface area contributed by atoms with Gasteiger partial charge in [0.25, 0.3) is 10.0 Å². The molecule has 0 aliphatic heterocycles. The van der Waals surface area contributed by atoms with Gasteiger partial charge in [0.05, 0.1) is 24.8 Å². The third-order valence-corrected chi connectivity index (χ3v) is 5.53. The minimum Gasteiger partial charge on any atom is -0.481 e. The van der Waals surface area contributed by atoms with Crippen LogP contribution < -0.4 is 19.5 Å². The van der Waals surface area contributed by atoms with Crippen LogP contribution in [0, 0.1) is 13.8 Å². The van der Waals surface area contributed by atoms with E-state index in [1.165, 1.54) is 44.6 Å². The summed E-state index contributed by atoms with van der Waals surface area (Å²) in [5.74, 6) is -0.142. The standard InChI is InChI=1S/C19H22N6O5S/c1-12-9-13(2)25(23-12)11-17(26)20-14-5-7-15(8-6-14)31(27,28)24-16-10-18(29-3)22-19(21-16)30-4/h5-10H,11H2,1-4H3,(H,20,26)(H,21,22,24). The molecule has 0 saturated heterocycles. The predicted molar refractivity (Wildman–Crippen MR) is 113 cm³/mol. The van der Waals surface area contributed by atoms with Crippen molar-refractivity contribution in [2.24, 2.45) is 0 Å². The SMILES string of the molecule is COc1cc(NS(=O)(=O)c2ccc(NC(=O)Cn3nc(C)cc3C)cc2)nc(OC)n1. The monoisotopic (exact) mass is 446 g/mol. The molecule has 0 saturated carbocycles. The Hall–Kier alpha value is -3.67. The van der Waals surface area contributed by atoms with Gasteiger partial charge in [0.2, 0.25) is 11.8 Å². The highest BCUT2D eigenvalue weighted by Crippen LogP contribution is 2.21. The van der Waals surface area contributed by atoms with Crippen molar-refractivity contribution >= 4 is 27.4 Å². The molecule has 31 heavy (non-hydrogen) atoms. The maximum atomic E-state index is 12.7. The third-order valence-electron chi connectivity index (χ3n) is 4.16. The van der Waals surface area contributed by atoms with Gasteiger partial charge in [0, 0.05) is 17.4 Å². The Kier molecular flexibility index (Phi) is 6.39. The Balaban J connectivity index is 1.70. The first kappa shape index (κ1) is 22.0. The number of anilines is 2. The van der Waals surface area contributed by atoms with Crippen LogP contribution in [0.3, 0.4) is 0 Å². The first-order valence-corrected chi connectivity index (χ1v) is 10.6. The second kappa shape index (κ2) is 9.00. The molecule has 0 aliphatic carbocycles. The summed E-state index contributed by atoms with van der Waals surface area (Å²) in [6.45, 7) is 3.77. The predicted octanol–water partition coefficient (Wildman–Crippen LogP) is 1.75. The van der Waals surface area contributed by atoms with E-state index in [1.54, 1.807) is 4.68 Å². The number of ether oxygens (including phenoxy) is 2. The van der Waals surface area contributed by atoms with E-state index in [0.29, 0.717) is 5.69 Å². The zero-order valence-electron chi connectivity index (χ0n) is 17.4. The van der Waals surface area contributed by atoms with Crippen molar-refractivity contribution in [3.63, 3.8) is 0 Å². The molecule has 3 rings (SSSR count). The Morgan fingerprint density at radius 3 is 2.35 bits per heavy atom. The number of hydrogen-bond acceptors (Lipinski definition) is 8. The number of amides is 1. The average molecular weight is 446 g/mol. The minimum absolute atomic E-state index is 0.00837. The van der Waals surface area contributed by atoms with Gasteiger partial charge in [-0.3, -0.25) is 14.2 Å². The second-order valence-corrected chi connectivity index (χ2v) is 8.23. The number of aromatic nitrogens is 4. The molecule has 0 fully saturated rings.